The number of pyridine rings is 1. The SMILES string of the molecule is CC(C)(C)C(=O)CC(=O)CCc1ccc(-n2c3ccc(CCn4c5ccccc5c5ccccc54)cc3c3cc(CCn4c5ccccc5c5ccccc54)ccc32)cc1.Fc1c[c-]c(-c2ccccn2)c(F)c1.[Pt]. The van der Waals surface area contributed by atoms with Crippen LogP contribution in [0.3, 0.4) is 0 Å². The fourth-order valence-electron chi connectivity index (χ4n) is 10.5. The molecule has 0 aliphatic rings. The van der Waals surface area contributed by atoms with Crippen LogP contribution in [-0.4, -0.2) is 30.3 Å². The van der Waals surface area contributed by atoms with E-state index in [2.05, 4.69) is 182 Å². The van der Waals surface area contributed by atoms with Crippen molar-refractivity contribution in [2.24, 2.45) is 5.41 Å². The number of fused-ring (bicyclic) bond motifs is 9. The Balaban J connectivity index is 0.000000370. The minimum absolute atomic E-state index is 0. The van der Waals surface area contributed by atoms with Gasteiger partial charge >= 0.3 is 0 Å². The molecule has 0 saturated carbocycles. The number of aryl methyl sites for hydroxylation is 5. The average Bonchev–Trinajstić information content (AvgIpc) is 4.05. The second-order valence-electron chi connectivity index (χ2n) is 20.2. The third-order valence-electron chi connectivity index (χ3n) is 14.4. The van der Waals surface area contributed by atoms with Gasteiger partial charge in [-0.1, -0.05) is 142 Å². The van der Waals surface area contributed by atoms with Gasteiger partial charge in [-0.2, -0.15) is 0 Å². The molecule has 0 atom stereocenters. The van der Waals surface area contributed by atoms with Gasteiger partial charge in [-0.25, -0.2) is 0 Å². The second kappa shape index (κ2) is 21.6. The molecule has 0 N–H and O–H groups in total. The van der Waals surface area contributed by atoms with Crippen LogP contribution in [0.1, 0.15) is 50.3 Å². The standard InChI is InChI=1S/C55H49N3O2.C11H6F2N.Pt/c1-55(2,3)54(60)36-41(59)27-22-37-20-25-40(26-21-37)58-52-28-23-38(30-32-56-48-16-8-4-12-42(48)43-13-5-9-17-49(43)56)34-46(52)47-35-39(24-29-53(47)58)31-33-57-50-18-10-6-14-44(50)45-15-7-11-19-51(45)57;12-8-4-5-9(10(13)7-8)11-3-1-2-6-14-11;/h4-21,23-26,28-29,34-35H,22,27,30-33,36H2,1-3H3;1-4,6-7H;/q;-1;. The predicted molar refractivity (Wildman–Crippen MR) is 298 cm³/mol. The van der Waals surface area contributed by atoms with Gasteiger partial charge < -0.3 is 18.7 Å². The number of ketones is 2. The Hall–Kier alpha value is -7.80. The van der Waals surface area contributed by atoms with E-state index in [1.807, 2.05) is 20.8 Å². The van der Waals surface area contributed by atoms with Crippen LogP contribution in [-0.2, 0) is 63.0 Å². The van der Waals surface area contributed by atoms with Crippen LogP contribution in [0.15, 0.2) is 194 Å². The molecule has 75 heavy (non-hydrogen) atoms. The topological polar surface area (TPSA) is 61.8 Å². The molecular weight excluding hydrogens is 1110 g/mol. The summed E-state index contributed by atoms with van der Waals surface area (Å²) in [4.78, 5) is 29.1. The number of para-hydroxylation sites is 4. The van der Waals surface area contributed by atoms with Crippen molar-refractivity contribution in [1.82, 2.24) is 18.7 Å². The normalized spacial score (nSPS) is 11.6. The molecule has 12 rings (SSSR count). The summed E-state index contributed by atoms with van der Waals surface area (Å²) < 4.78 is 33.1. The van der Waals surface area contributed by atoms with Crippen molar-refractivity contribution in [1.29, 1.82) is 0 Å². The van der Waals surface area contributed by atoms with Crippen LogP contribution in [0.4, 0.5) is 8.78 Å². The molecule has 0 fully saturated rings. The molecule has 0 amide bonds. The van der Waals surface area contributed by atoms with Crippen molar-refractivity contribution in [3.8, 4) is 16.9 Å². The largest absolute Gasteiger partial charge is 0.340 e. The van der Waals surface area contributed by atoms with Gasteiger partial charge in [0.1, 0.15) is 11.6 Å². The number of hydrogen-bond acceptors (Lipinski definition) is 3. The molecule has 6 nitrogen and oxygen atoms in total. The van der Waals surface area contributed by atoms with Crippen molar-refractivity contribution in [3.05, 3.63) is 229 Å². The van der Waals surface area contributed by atoms with E-state index >= 15 is 0 Å². The zero-order chi connectivity index (χ0) is 50.9. The van der Waals surface area contributed by atoms with E-state index in [1.54, 1.807) is 24.4 Å². The monoisotopic (exact) mass is 1170 g/mol. The first-order valence-electron chi connectivity index (χ1n) is 25.4. The van der Waals surface area contributed by atoms with E-state index in [0.717, 1.165) is 49.3 Å². The van der Waals surface area contributed by atoms with Gasteiger partial charge in [0, 0.05) is 124 Å². The van der Waals surface area contributed by atoms with E-state index in [-0.39, 0.29) is 44.6 Å². The Morgan fingerprint density at radius 3 is 1.44 bits per heavy atom. The van der Waals surface area contributed by atoms with Crippen molar-refractivity contribution in [2.75, 3.05) is 0 Å². The van der Waals surface area contributed by atoms with Crippen molar-refractivity contribution >= 4 is 77.0 Å². The maximum atomic E-state index is 13.2. The fraction of sp³-hybridized carbons (Fsp3) is 0.167. The maximum absolute atomic E-state index is 13.2. The van der Waals surface area contributed by atoms with E-state index in [1.165, 1.54) is 76.5 Å². The van der Waals surface area contributed by atoms with Crippen LogP contribution in [0.2, 0.25) is 0 Å². The molecule has 0 saturated heterocycles. The zero-order valence-electron chi connectivity index (χ0n) is 42.1. The van der Waals surface area contributed by atoms with E-state index in [0.29, 0.717) is 18.5 Å². The summed E-state index contributed by atoms with van der Waals surface area (Å²) in [5.41, 5.74) is 12.4. The van der Waals surface area contributed by atoms with E-state index < -0.39 is 17.0 Å². The Kier molecular flexibility index (Phi) is 14.6. The molecule has 9 heteroatoms. The number of hydrogen-bond donors (Lipinski definition) is 0. The molecule has 8 aromatic carbocycles. The molecule has 376 valence electrons. The number of halogens is 2. The summed E-state index contributed by atoms with van der Waals surface area (Å²) in [5.74, 6) is -1.28. The molecule has 0 spiro atoms. The van der Waals surface area contributed by atoms with Crippen LogP contribution in [0.5, 0.6) is 0 Å². The quantitative estimate of drug-likeness (QED) is 0.0854. The van der Waals surface area contributed by atoms with Gasteiger partial charge in [0.25, 0.3) is 0 Å². The molecule has 0 unspecified atom stereocenters. The number of rotatable bonds is 13. The molecule has 0 bridgehead atoms. The Morgan fingerprint density at radius 1 is 0.520 bits per heavy atom. The molecule has 4 heterocycles. The summed E-state index contributed by atoms with van der Waals surface area (Å²) >= 11 is 0. The Labute approximate surface area is 449 Å². The van der Waals surface area contributed by atoms with E-state index in [9.17, 15) is 18.4 Å². The van der Waals surface area contributed by atoms with Gasteiger partial charge in [-0.05, 0) is 108 Å². The third-order valence-corrected chi connectivity index (χ3v) is 14.4. The van der Waals surface area contributed by atoms with Crippen LogP contribution >= 0.6 is 0 Å². The number of carbonyl (C=O) groups is 2. The summed E-state index contributed by atoms with van der Waals surface area (Å²) in [6, 6.07) is 67.1. The molecule has 12 aromatic rings. The number of nitrogens with zero attached hydrogens (tertiary/aromatic N) is 4. The van der Waals surface area contributed by atoms with Crippen molar-refractivity contribution in [2.45, 2.75) is 66.0 Å². The number of aromatic nitrogens is 4. The van der Waals surface area contributed by atoms with E-state index in [4.69, 9.17) is 0 Å². The van der Waals surface area contributed by atoms with Gasteiger partial charge in [-0.15, -0.1) is 12.1 Å². The summed E-state index contributed by atoms with van der Waals surface area (Å²) in [6.07, 6.45) is 4.36. The van der Waals surface area contributed by atoms with Crippen LogP contribution in [0.25, 0.3) is 82.4 Å². The minimum atomic E-state index is -0.649. The molecule has 0 aliphatic carbocycles. The zero-order valence-corrected chi connectivity index (χ0v) is 44.4. The molecule has 4 aromatic heterocycles. The first-order valence-corrected chi connectivity index (χ1v) is 25.4. The Morgan fingerprint density at radius 2 is 0.987 bits per heavy atom. The summed E-state index contributed by atoms with van der Waals surface area (Å²) in [6.45, 7) is 7.39. The van der Waals surface area contributed by atoms with Gasteiger partial charge in [0.15, 0.2) is 0 Å². The van der Waals surface area contributed by atoms with Gasteiger partial charge in [0.05, 0.1) is 17.5 Å². The fourth-order valence-corrected chi connectivity index (χ4v) is 10.5. The predicted octanol–water partition coefficient (Wildman–Crippen LogP) is 15.8. The van der Waals surface area contributed by atoms with Crippen molar-refractivity contribution < 1.29 is 39.4 Å². The second-order valence-corrected chi connectivity index (χ2v) is 20.2. The first kappa shape index (κ1) is 50.7. The summed E-state index contributed by atoms with van der Waals surface area (Å²) in [7, 11) is 0. The smallest absolute Gasteiger partial charge is 0.145 e. The van der Waals surface area contributed by atoms with Crippen LogP contribution < -0.4 is 0 Å². The van der Waals surface area contributed by atoms with Crippen LogP contribution in [0, 0.1) is 23.1 Å². The van der Waals surface area contributed by atoms with Gasteiger partial charge in [0.2, 0.25) is 0 Å². The molecule has 0 radical (unpaired) electrons. The first-order chi connectivity index (χ1) is 36.0. The van der Waals surface area contributed by atoms with Crippen molar-refractivity contribution in [3.63, 3.8) is 0 Å². The maximum Gasteiger partial charge on any atom is 0.145 e. The Bertz CT molecular complexity index is 3770. The number of benzene rings is 8. The summed E-state index contributed by atoms with van der Waals surface area (Å²) in [5, 5.41) is 7.70. The molecule has 0 aliphatic heterocycles. The minimum Gasteiger partial charge on any atom is -0.340 e. The number of carbonyl (C=O) groups excluding carboxylic acids is 2. The molecular formula is C66H55F2N4O2Pt-. The average molecular weight is 1170 g/mol. The van der Waals surface area contributed by atoms with Gasteiger partial charge in [-0.3, -0.25) is 18.4 Å². The third kappa shape index (κ3) is 10.4. The number of Topliss-reactive ketones (excluding diaryl/α,β-unsaturated/α-hetero) is 2.